The van der Waals surface area contributed by atoms with E-state index in [1.54, 1.807) is 18.3 Å². The Morgan fingerprint density at radius 2 is 2.40 bits per heavy atom. The summed E-state index contributed by atoms with van der Waals surface area (Å²) in [7, 11) is 1.33. The third-order valence-electron chi connectivity index (χ3n) is 1.98. The Labute approximate surface area is 85.7 Å². The predicted molar refractivity (Wildman–Crippen MR) is 52.2 cm³/mol. The van der Waals surface area contributed by atoms with E-state index in [-0.39, 0.29) is 6.54 Å². The molecule has 0 aliphatic carbocycles. The van der Waals surface area contributed by atoms with Crippen LogP contribution in [0.3, 0.4) is 0 Å². The molecule has 0 unspecified atom stereocenters. The van der Waals surface area contributed by atoms with E-state index in [4.69, 9.17) is 5.73 Å². The van der Waals surface area contributed by atoms with E-state index in [9.17, 15) is 4.79 Å². The highest BCUT2D eigenvalue weighted by Crippen LogP contribution is 2.05. The number of nitrogens with two attached hydrogens (primary N) is 1. The molecule has 0 bridgehead atoms. The van der Waals surface area contributed by atoms with Gasteiger partial charge in [-0.3, -0.25) is 0 Å². The molecule has 2 heterocycles. The molecule has 0 atom stereocenters. The van der Waals surface area contributed by atoms with E-state index in [0.29, 0.717) is 17.0 Å². The third-order valence-corrected chi connectivity index (χ3v) is 1.98. The number of hydrogen-bond acceptors (Lipinski definition) is 5. The normalized spacial score (nSPS) is 10.5. The molecule has 0 aliphatic rings. The maximum atomic E-state index is 11.2. The largest absolute Gasteiger partial charge is 0.465 e. The molecule has 0 saturated heterocycles. The van der Waals surface area contributed by atoms with Crippen molar-refractivity contribution in [3.8, 4) is 0 Å². The first kappa shape index (κ1) is 9.60. The van der Waals surface area contributed by atoms with Gasteiger partial charge in [0.1, 0.15) is 0 Å². The maximum Gasteiger partial charge on any atom is 0.339 e. The summed E-state index contributed by atoms with van der Waals surface area (Å²) in [5, 5.41) is 4.08. The van der Waals surface area contributed by atoms with E-state index in [1.807, 2.05) is 0 Å². The summed E-state index contributed by atoms with van der Waals surface area (Å²) in [6.07, 6.45) is 1.56. The van der Waals surface area contributed by atoms with E-state index < -0.39 is 5.97 Å². The molecule has 0 amide bonds. The number of nitrogens with zero attached hydrogens (tertiary/aromatic N) is 3. The monoisotopic (exact) mass is 206 g/mol. The second-order valence-corrected chi connectivity index (χ2v) is 2.94. The Bertz CT molecular complexity index is 506. The van der Waals surface area contributed by atoms with Crippen LogP contribution in [-0.4, -0.2) is 27.7 Å². The topological polar surface area (TPSA) is 82.5 Å². The minimum atomic E-state index is -0.401. The highest BCUT2D eigenvalue weighted by Gasteiger charge is 2.08. The van der Waals surface area contributed by atoms with Crippen molar-refractivity contribution >= 4 is 11.6 Å². The fourth-order valence-corrected chi connectivity index (χ4v) is 1.25. The molecule has 2 rings (SSSR count). The molecular weight excluding hydrogens is 196 g/mol. The molecule has 0 spiro atoms. The number of methoxy groups -OCH3 is 1. The molecule has 0 saturated carbocycles. The van der Waals surface area contributed by atoms with Crippen molar-refractivity contribution in [2.24, 2.45) is 5.73 Å². The minimum absolute atomic E-state index is 0.273. The van der Waals surface area contributed by atoms with Crippen LogP contribution in [-0.2, 0) is 11.3 Å². The fraction of sp³-hybridized carbons (Fsp3) is 0.222. The van der Waals surface area contributed by atoms with Crippen molar-refractivity contribution in [2.75, 3.05) is 7.11 Å². The lowest BCUT2D eigenvalue weighted by Gasteiger charge is -1.98. The Morgan fingerprint density at radius 3 is 3.07 bits per heavy atom. The van der Waals surface area contributed by atoms with Gasteiger partial charge in [0.05, 0.1) is 19.2 Å². The molecule has 0 radical (unpaired) electrons. The van der Waals surface area contributed by atoms with Crippen LogP contribution < -0.4 is 5.73 Å². The number of carbonyl (C=O) groups is 1. The van der Waals surface area contributed by atoms with Crippen LogP contribution in [0.2, 0.25) is 0 Å². The highest BCUT2D eigenvalue weighted by atomic mass is 16.5. The van der Waals surface area contributed by atoms with Gasteiger partial charge < -0.3 is 10.5 Å². The first-order valence-corrected chi connectivity index (χ1v) is 4.38. The number of esters is 1. The van der Waals surface area contributed by atoms with Crippen LogP contribution in [0.1, 0.15) is 16.2 Å². The van der Waals surface area contributed by atoms with E-state index in [1.165, 1.54) is 11.6 Å². The number of pyridine rings is 1. The molecule has 2 aromatic heterocycles. The zero-order valence-electron chi connectivity index (χ0n) is 8.17. The first-order valence-electron chi connectivity index (χ1n) is 4.38. The van der Waals surface area contributed by atoms with E-state index in [0.717, 1.165) is 0 Å². The summed E-state index contributed by atoms with van der Waals surface area (Å²) in [5.74, 6) is 0.138. The minimum Gasteiger partial charge on any atom is -0.465 e. The molecule has 6 nitrogen and oxygen atoms in total. The Morgan fingerprint density at radius 1 is 1.60 bits per heavy atom. The zero-order chi connectivity index (χ0) is 10.8. The van der Waals surface area contributed by atoms with Crippen molar-refractivity contribution in [3.05, 3.63) is 29.7 Å². The van der Waals surface area contributed by atoms with Crippen LogP contribution >= 0.6 is 0 Å². The average molecular weight is 206 g/mol. The molecule has 78 valence electrons. The summed E-state index contributed by atoms with van der Waals surface area (Å²) in [5.41, 5.74) is 6.49. The van der Waals surface area contributed by atoms with Gasteiger partial charge in [-0.15, -0.1) is 5.10 Å². The Hall–Kier alpha value is -1.95. The lowest BCUT2D eigenvalue weighted by molar-refractivity contribution is 0.0600. The van der Waals surface area contributed by atoms with Crippen molar-refractivity contribution in [2.45, 2.75) is 6.54 Å². The number of fused-ring (bicyclic) bond motifs is 1. The summed E-state index contributed by atoms with van der Waals surface area (Å²) in [4.78, 5) is 15.4. The standard InChI is InChI=1S/C9H10N4O2/c1-15-9(14)6-2-3-8-11-7(4-10)12-13(8)5-6/h2-3,5H,4,10H2,1H3. The molecule has 0 aliphatic heterocycles. The third kappa shape index (κ3) is 1.66. The van der Waals surface area contributed by atoms with Gasteiger partial charge in [-0.1, -0.05) is 0 Å². The van der Waals surface area contributed by atoms with Gasteiger partial charge in [0.25, 0.3) is 0 Å². The number of aromatic nitrogens is 3. The smallest absolute Gasteiger partial charge is 0.339 e. The molecule has 0 fully saturated rings. The molecule has 2 N–H and O–H groups in total. The molecule has 6 heteroatoms. The van der Waals surface area contributed by atoms with Crippen LogP contribution in [0.25, 0.3) is 5.65 Å². The van der Waals surface area contributed by atoms with Gasteiger partial charge in [0.15, 0.2) is 11.5 Å². The molecular formula is C9H10N4O2. The van der Waals surface area contributed by atoms with Crippen LogP contribution in [0.5, 0.6) is 0 Å². The van der Waals surface area contributed by atoms with Gasteiger partial charge in [-0.2, -0.15) is 0 Å². The SMILES string of the molecule is COC(=O)c1ccc2nc(CN)nn2c1. The lowest BCUT2D eigenvalue weighted by Crippen LogP contribution is -2.03. The van der Waals surface area contributed by atoms with Gasteiger partial charge >= 0.3 is 5.97 Å². The fourth-order valence-electron chi connectivity index (χ4n) is 1.25. The van der Waals surface area contributed by atoms with E-state index in [2.05, 4.69) is 14.8 Å². The number of rotatable bonds is 2. The Kier molecular flexibility index (Phi) is 2.34. The first-order chi connectivity index (χ1) is 7.24. The molecule has 2 aromatic rings. The van der Waals surface area contributed by atoms with Crippen LogP contribution in [0.4, 0.5) is 0 Å². The van der Waals surface area contributed by atoms with Crippen molar-refractivity contribution in [3.63, 3.8) is 0 Å². The number of carbonyl (C=O) groups excluding carboxylic acids is 1. The van der Waals surface area contributed by atoms with Crippen molar-refractivity contribution in [1.82, 2.24) is 14.6 Å². The summed E-state index contributed by atoms with van der Waals surface area (Å²) < 4.78 is 6.10. The quantitative estimate of drug-likeness (QED) is 0.698. The summed E-state index contributed by atoms with van der Waals surface area (Å²) >= 11 is 0. The summed E-state index contributed by atoms with van der Waals surface area (Å²) in [6, 6.07) is 3.33. The lowest BCUT2D eigenvalue weighted by atomic mass is 10.3. The van der Waals surface area contributed by atoms with E-state index >= 15 is 0 Å². The number of ether oxygens (including phenoxy) is 1. The number of hydrogen-bond donors (Lipinski definition) is 1. The van der Waals surface area contributed by atoms with Gasteiger partial charge in [0.2, 0.25) is 0 Å². The Balaban J connectivity index is 2.50. The predicted octanol–water partition coefficient (Wildman–Crippen LogP) is -0.0254. The van der Waals surface area contributed by atoms with Crippen molar-refractivity contribution < 1.29 is 9.53 Å². The second-order valence-electron chi connectivity index (χ2n) is 2.94. The van der Waals surface area contributed by atoms with Crippen molar-refractivity contribution in [1.29, 1.82) is 0 Å². The van der Waals surface area contributed by atoms with Gasteiger partial charge in [-0.25, -0.2) is 14.3 Å². The van der Waals surface area contributed by atoms with Gasteiger partial charge in [0, 0.05) is 6.20 Å². The molecule has 0 aromatic carbocycles. The average Bonchev–Trinajstić information content (AvgIpc) is 2.69. The van der Waals surface area contributed by atoms with Crippen LogP contribution in [0, 0.1) is 0 Å². The van der Waals surface area contributed by atoms with Crippen LogP contribution in [0.15, 0.2) is 18.3 Å². The van der Waals surface area contributed by atoms with Gasteiger partial charge in [-0.05, 0) is 12.1 Å². The zero-order valence-corrected chi connectivity index (χ0v) is 8.17. The highest BCUT2D eigenvalue weighted by molar-refractivity contribution is 5.89. The summed E-state index contributed by atoms with van der Waals surface area (Å²) in [6.45, 7) is 0.273. The second kappa shape index (κ2) is 3.66. The molecule has 15 heavy (non-hydrogen) atoms. The maximum absolute atomic E-state index is 11.2.